The topological polar surface area (TPSA) is 44.4 Å². The summed E-state index contributed by atoms with van der Waals surface area (Å²) < 4.78 is 0. The quantitative estimate of drug-likeness (QED) is 0.768. The fraction of sp³-hybridized carbons (Fsp3) is 0.417. The summed E-state index contributed by atoms with van der Waals surface area (Å²) in [6, 6.07) is 3.74. The predicted molar refractivity (Wildman–Crippen MR) is 73.7 cm³/mol. The number of anilines is 2. The number of nitrogens with one attached hydrogen (secondary N) is 2. The first-order valence-electron chi connectivity index (χ1n) is 5.91. The van der Waals surface area contributed by atoms with E-state index in [1.807, 2.05) is 6.07 Å². The maximum Gasteiger partial charge on any atom is 0.226 e. The van der Waals surface area contributed by atoms with Crippen LogP contribution in [0.15, 0.2) is 12.1 Å². The first kappa shape index (κ1) is 12.1. The lowest BCUT2D eigenvalue weighted by atomic mass is 10.1. The highest BCUT2D eigenvalue weighted by atomic mass is 35.5. The molecule has 2 aliphatic rings. The average Bonchev–Trinajstić information content (AvgIpc) is 2.46. The third-order valence-electron chi connectivity index (χ3n) is 3.39. The van der Waals surface area contributed by atoms with Crippen molar-refractivity contribution in [2.75, 3.05) is 29.9 Å². The summed E-state index contributed by atoms with van der Waals surface area (Å²) in [5.41, 5.74) is 1.71. The number of carbonyl (C=O) groups excluding carboxylic acids is 1. The van der Waals surface area contributed by atoms with E-state index < -0.39 is 0 Å². The number of hydrogen-bond acceptors (Lipinski definition) is 3. The smallest absolute Gasteiger partial charge is 0.226 e. The molecule has 0 aliphatic carbocycles. The normalized spacial score (nSPS) is 22.9. The molecular formula is C12H13Cl2N3O. The van der Waals surface area contributed by atoms with Crippen molar-refractivity contribution >= 4 is 40.5 Å². The molecule has 1 aromatic carbocycles. The molecule has 3 rings (SSSR count). The van der Waals surface area contributed by atoms with Crippen LogP contribution in [0.3, 0.4) is 0 Å². The Morgan fingerprint density at radius 1 is 1.28 bits per heavy atom. The lowest BCUT2D eigenvalue weighted by Gasteiger charge is -2.36. The molecule has 18 heavy (non-hydrogen) atoms. The molecule has 96 valence electrons. The molecule has 2 aliphatic heterocycles. The number of carbonyl (C=O) groups is 1. The van der Waals surface area contributed by atoms with Crippen LogP contribution in [0.1, 0.15) is 6.42 Å². The van der Waals surface area contributed by atoms with Crippen molar-refractivity contribution in [2.45, 2.75) is 12.5 Å². The molecule has 2 heterocycles. The molecule has 0 spiro atoms. The van der Waals surface area contributed by atoms with Crippen molar-refractivity contribution in [3.8, 4) is 0 Å². The molecule has 1 unspecified atom stereocenters. The van der Waals surface area contributed by atoms with Gasteiger partial charge in [-0.2, -0.15) is 0 Å². The minimum absolute atomic E-state index is 0.0193. The minimum atomic E-state index is 0.0193. The summed E-state index contributed by atoms with van der Waals surface area (Å²) in [6.07, 6.45) is 0.483. The zero-order valence-electron chi connectivity index (χ0n) is 9.67. The standard InChI is InChI=1S/C12H13Cl2N3O/c13-8-4-10-11(5-9(8)14)17-2-1-15-6-7(17)3-12(18)16-10/h4-5,7,15H,1-3,6H2,(H,16,18). The molecule has 1 aromatic rings. The first-order valence-corrected chi connectivity index (χ1v) is 6.67. The number of benzene rings is 1. The molecule has 1 fully saturated rings. The first-order chi connectivity index (χ1) is 8.65. The number of nitrogens with zero attached hydrogens (tertiary/aromatic N) is 1. The molecule has 0 radical (unpaired) electrons. The predicted octanol–water partition coefficient (Wildman–Crippen LogP) is 2.11. The van der Waals surface area contributed by atoms with Crippen molar-refractivity contribution < 1.29 is 4.79 Å². The minimum Gasteiger partial charge on any atom is -0.364 e. The summed E-state index contributed by atoms with van der Waals surface area (Å²) in [4.78, 5) is 14.1. The van der Waals surface area contributed by atoms with Crippen LogP contribution in [0, 0.1) is 0 Å². The molecule has 1 amide bonds. The Labute approximate surface area is 115 Å². The molecule has 0 aromatic heterocycles. The van der Waals surface area contributed by atoms with Crippen molar-refractivity contribution in [3.05, 3.63) is 22.2 Å². The largest absolute Gasteiger partial charge is 0.364 e. The van der Waals surface area contributed by atoms with Crippen LogP contribution in [0.2, 0.25) is 10.0 Å². The maximum absolute atomic E-state index is 11.9. The number of amides is 1. The van der Waals surface area contributed by atoms with Crippen LogP contribution < -0.4 is 15.5 Å². The molecule has 2 N–H and O–H groups in total. The number of rotatable bonds is 0. The van der Waals surface area contributed by atoms with Crippen molar-refractivity contribution in [3.63, 3.8) is 0 Å². The Balaban J connectivity index is 2.09. The Bertz CT molecular complexity index is 506. The highest BCUT2D eigenvalue weighted by Crippen LogP contribution is 2.38. The van der Waals surface area contributed by atoms with Crippen LogP contribution in [-0.2, 0) is 4.79 Å². The van der Waals surface area contributed by atoms with Gasteiger partial charge in [-0.15, -0.1) is 0 Å². The second-order valence-electron chi connectivity index (χ2n) is 4.59. The van der Waals surface area contributed by atoms with Crippen molar-refractivity contribution in [1.82, 2.24) is 5.32 Å². The van der Waals surface area contributed by atoms with Crippen LogP contribution in [-0.4, -0.2) is 31.6 Å². The van der Waals surface area contributed by atoms with Gasteiger partial charge in [0.25, 0.3) is 0 Å². The number of piperazine rings is 1. The monoisotopic (exact) mass is 285 g/mol. The molecule has 0 saturated carbocycles. The summed E-state index contributed by atoms with van der Waals surface area (Å²) in [5, 5.41) is 7.18. The van der Waals surface area contributed by atoms with Crippen molar-refractivity contribution in [2.24, 2.45) is 0 Å². The van der Waals surface area contributed by atoms with Crippen LogP contribution in [0.25, 0.3) is 0 Å². The SMILES string of the molecule is O=C1CC2CNCCN2c2cc(Cl)c(Cl)cc2N1. The van der Waals surface area contributed by atoms with E-state index in [1.54, 1.807) is 6.07 Å². The van der Waals surface area contributed by atoms with E-state index in [0.717, 1.165) is 31.0 Å². The van der Waals surface area contributed by atoms with E-state index in [1.165, 1.54) is 0 Å². The van der Waals surface area contributed by atoms with Gasteiger partial charge < -0.3 is 15.5 Å². The maximum atomic E-state index is 11.9. The van der Waals surface area contributed by atoms with Gasteiger partial charge in [0, 0.05) is 26.1 Å². The van der Waals surface area contributed by atoms with Crippen LogP contribution in [0.5, 0.6) is 0 Å². The zero-order chi connectivity index (χ0) is 12.7. The summed E-state index contributed by atoms with van der Waals surface area (Å²) in [7, 11) is 0. The Morgan fingerprint density at radius 2 is 2.06 bits per heavy atom. The van der Waals surface area contributed by atoms with Gasteiger partial charge in [-0.25, -0.2) is 0 Å². The van der Waals surface area contributed by atoms with Gasteiger partial charge in [-0.1, -0.05) is 23.2 Å². The molecule has 0 bridgehead atoms. The highest BCUT2D eigenvalue weighted by molar-refractivity contribution is 6.42. The van der Waals surface area contributed by atoms with Gasteiger partial charge in [0.2, 0.25) is 5.91 Å². The third-order valence-corrected chi connectivity index (χ3v) is 4.12. The molecule has 6 heteroatoms. The van der Waals surface area contributed by atoms with E-state index >= 15 is 0 Å². The zero-order valence-corrected chi connectivity index (χ0v) is 11.2. The van der Waals surface area contributed by atoms with Crippen LogP contribution >= 0.6 is 23.2 Å². The van der Waals surface area contributed by atoms with E-state index in [2.05, 4.69) is 15.5 Å². The lowest BCUT2D eigenvalue weighted by Crippen LogP contribution is -2.51. The van der Waals surface area contributed by atoms with Crippen LogP contribution in [0.4, 0.5) is 11.4 Å². The fourth-order valence-corrected chi connectivity index (χ4v) is 2.87. The van der Waals surface area contributed by atoms with Gasteiger partial charge in [0.05, 0.1) is 27.5 Å². The molecule has 1 saturated heterocycles. The Kier molecular flexibility index (Phi) is 3.09. The van der Waals surface area contributed by atoms with E-state index in [4.69, 9.17) is 23.2 Å². The van der Waals surface area contributed by atoms with Crippen molar-refractivity contribution in [1.29, 1.82) is 0 Å². The second kappa shape index (κ2) is 4.61. The summed E-state index contributed by atoms with van der Waals surface area (Å²) in [5.74, 6) is 0.0193. The van der Waals surface area contributed by atoms with Gasteiger partial charge in [-0.3, -0.25) is 4.79 Å². The third kappa shape index (κ3) is 2.05. The summed E-state index contributed by atoms with van der Waals surface area (Å²) in [6.45, 7) is 2.59. The van der Waals surface area contributed by atoms with Gasteiger partial charge in [0.1, 0.15) is 0 Å². The van der Waals surface area contributed by atoms with Gasteiger partial charge in [-0.05, 0) is 12.1 Å². The molecule has 1 atom stereocenters. The fourth-order valence-electron chi connectivity index (χ4n) is 2.55. The number of fused-ring (bicyclic) bond motifs is 3. The highest BCUT2D eigenvalue weighted by Gasteiger charge is 2.30. The average molecular weight is 286 g/mol. The van der Waals surface area contributed by atoms with E-state index in [0.29, 0.717) is 16.5 Å². The van der Waals surface area contributed by atoms with Gasteiger partial charge in [0.15, 0.2) is 0 Å². The number of halogens is 2. The van der Waals surface area contributed by atoms with Gasteiger partial charge >= 0.3 is 0 Å². The molecular weight excluding hydrogens is 273 g/mol. The lowest BCUT2D eigenvalue weighted by molar-refractivity contribution is -0.116. The second-order valence-corrected chi connectivity index (χ2v) is 5.40. The van der Waals surface area contributed by atoms with E-state index in [-0.39, 0.29) is 11.9 Å². The molecule has 4 nitrogen and oxygen atoms in total. The van der Waals surface area contributed by atoms with E-state index in [9.17, 15) is 4.79 Å². The Morgan fingerprint density at radius 3 is 2.89 bits per heavy atom. The number of hydrogen-bond donors (Lipinski definition) is 2. The summed E-state index contributed by atoms with van der Waals surface area (Å²) >= 11 is 12.1. The Hall–Kier alpha value is -0.970.